The fraction of sp³-hybridized carbons (Fsp3) is 0.273. The highest BCUT2D eigenvalue weighted by atomic mass is 79.9. The van der Waals surface area contributed by atoms with Crippen molar-refractivity contribution in [1.82, 2.24) is 0 Å². The Morgan fingerprint density at radius 2 is 1.85 bits per heavy atom. The van der Waals surface area contributed by atoms with Crippen LogP contribution in [-0.2, 0) is 0 Å². The summed E-state index contributed by atoms with van der Waals surface area (Å²) in [6.45, 7) is 0. The molecule has 0 aromatic heterocycles. The molecule has 0 N–H and O–H groups in total. The van der Waals surface area contributed by atoms with Gasteiger partial charge in [-0.1, -0.05) is 30.0 Å². The molecule has 0 atom stereocenters. The number of benzene rings is 1. The topological polar surface area (TPSA) is 0 Å². The highest BCUT2D eigenvalue weighted by molar-refractivity contribution is 9.58. The van der Waals surface area contributed by atoms with Gasteiger partial charge >= 0.3 is 0 Å². The minimum Gasteiger partial charge on any atom is -0.178 e. The normalized spacial score (nSPS) is 11.6. The molecule has 0 bridgehead atoms. The third kappa shape index (κ3) is 5.02. The molecule has 0 saturated carbocycles. The van der Waals surface area contributed by atoms with E-state index in [1.54, 1.807) is 0 Å². The van der Waals surface area contributed by atoms with Crippen molar-refractivity contribution in [3.05, 3.63) is 35.9 Å². The van der Waals surface area contributed by atoms with Gasteiger partial charge in [0.25, 0.3) is 0 Å². The van der Waals surface area contributed by atoms with E-state index >= 15 is 0 Å². The summed E-state index contributed by atoms with van der Waals surface area (Å²) in [7, 11) is -0.655. The van der Waals surface area contributed by atoms with Gasteiger partial charge in [0.2, 0.25) is 0 Å². The van der Waals surface area contributed by atoms with Gasteiger partial charge < -0.3 is 0 Å². The molecule has 1 aromatic carbocycles. The summed E-state index contributed by atoms with van der Waals surface area (Å²) in [5.41, 5.74) is 1.10. The largest absolute Gasteiger partial charge is 0.178 e. The standard InChI is InChI=1S/C11H13BrS/c1-13(2,12)10-6-9-11-7-4-3-5-8-11/h3-5,7-8H,10H2,1-2H3. The highest BCUT2D eigenvalue weighted by Gasteiger charge is 2.01. The first-order valence-electron chi connectivity index (χ1n) is 4.02. The second kappa shape index (κ2) is 4.74. The Bertz CT molecular complexity index is 313. The molecule has 70 valence electrons. The van der Waals surface area contributed by atoms with E-state index in [1.165, 1.54) is 0 Å². The zero-order valence-corrected chi connectivity index (χ0v) is 10.3. The van der Waals surface area contributed by atoms with Gasteiger partial charge in [0.05, 0.1) is 0 Å². The molecule has 0 aliphatic rings. The van der Waals surface area contributed by atoms with Crippen LogP contribution in [0.4, 0.5) is 0 Å². The molecule has 0 unspecified atom stereocenters. The van der Waals surface area contributed by atoms with Gasteiger partial charge in [-0.3, -0.25) is 0 Å². The van der Waals surface area contributed by atoms with Gasteiger partial charge in [-0.05, 0) is 39.5 Å². The van der Waals surface area contributed by atoms with E-state index < -0.39 is 8.46 Å². The van der Waals surface area contributed by atoms with Crippen LogP contribution in [0.25, 0.3) is 0 Å². The SMILES string of the molecule is CS(C)(Br)CC#Cc1ccccc1. The summed E-state index contributed by atoms with van der Waals surface area (Å²) in [4.78, 5) is 0. The summed E-state index contributed by atoms with van der Waals surface area (Å²) in [6.07, 6.45) is 4.40. The molecule has 2 heteroatoms. The Hall–Kier alpha value is -0.390. The number of hydrogen-bond acceptors (Lipinski definition) is 0. The molecule has 13 heavy (non-hydrogen) atoms. The first-order valence-corrected chi connectivity index (χ1v) is 8.49. The predicted molar refractivity (Wildman–Crippen MR) is 66.6 cm³/mol. The van der Waals surface area contributed by atoms with Crippen molar-refractivity contribution in [2.45, 2.75) is 0 Å². The first kappa shape index (κ1) is 10.7. The Morgan fingerprint density at radius 3 is 2.38 bits per heavy atom. The lowest BCUT2D eigenvalue weighted by Gasteiger charge is -2.17. The zero-order chi connectivity index (χ0) is 9.73. The maximum Gasteiger partial charge on any atom is 0.0478 e. The third-order valence-electron chi connectivity index (χ3n) is 1.42. The van der Waals surface area contributed by atoms with Crippen molar-refractivity contribution in [2.75, 3.05) is 18.3 Å². The average molecular weight is 257 g/mol. The fourth-order valence-electron chi connectivity index (χ4n) is 0.831. The van der Waals surface area contributed by atoms with Crippen molar-refractivity contribution in [3.8, 4) is 11.8 Å². The van der Waals surface area contributed by atoms with Crippen LogP contribution in [0.2, 0.25) is 0 Å². The first-order chi connectivity index (χ1) is 6.08. The molecule has 0 amide bonds. The van der Waals surface area contributed by atoms with Gasteiger partial charge in [0.15, 0.2) is 0 Å². The molecule has 0 nitrogen and oxygen atoms in total. The van der Waals surface area contributed by atoms with E-state index in [0.29, 0.717) is 0 Å². The monoisotopic (exact) mass is 256 g/mol. The lowest BCUT2D eigenvalue weighted by atomic mass is 10.2. The van der Waals surface area contributed by atoms with Gasteiger partial charge in [-0.25, -0.2) is 0 Å². The molecule has 0 fully saturated rings. The number of rotatable bonds is 1. The van der Waals surface area contributed by atoms with Gasteiger partial charge in [0, 0.05) is 11.3 Å². The Morgan fingerprint density at radius 1 is 1.23 bits per heavy atom. The Kier molecular flexibility index (Phi) is 3.90. The summed E-state index contributed by atoms with van der Waals surface area (Å²) >= 11 is 3.63. The molecule has 1 rings (SSSR count). The van der Waals surface area contributed by atoms with Crippen molar-refractivity contribution >= 4 is 23.3 Å². The highest BCUT2D eigenvalue weighted by Crippen LogP contribution is 2.47. The minimum absolute atomic E-state index is 0.655. The quantitative estimate of drug-likeness (QED) is 0.676. The zero-order valence-electron chi connectivity index (χ0n) is 7.88. The molecular weight excluding hydrogens is 244 g/mol. The lowest BCUT2D eigenvalue weighted by molar-refractivity contribution is 1.64. The van der Waals surface area contributed by atoms with Crippen LogP contribution in [0.15, 0.2) is 30.3 Å². The number of halogens is 1. The molecule has 0 aliphatic heterocycles. The molecule has 0 heterocycles. The summed E-state index contributed by atoms with van der Waals surface area (Å²) in [6, 6.07) is 10.1. The molecule has 0 saturated heterocycles. The van der Waals surface area contributed by atoms with E-state index in [9.17, 15) is 0 Å². The second-order valence-corrected chi connectivity index (χ2v) is 11.6. The van der Waals surface area contributed by atoms with Crippen LogP contribution in [-0.4, -0.2) is 18.3 Å². The van der Waals surface area contributed by atoms with Crippen LogP contribution in [0.3, 0.4) is 0 Å². The molecular formula is C11H13BrS. The van der Waals surface area contributed by atoms with Crippen LogP contribution in [0.1, 0.15) is 5.56 Å². The van der Waals surface area contributed by atoms with E-state index in [2.05, 4.69) is 39.2 Å². The average Bonchev–Trinajstić information content (AvgIpc) is 2.04. The summed E-state index contributed by atoms with van der Waals surface area (Å²) in [5, 5.41) is 0. The summed E-state index contributed by atoms with van der Waals surface area (Å²) in [5.74, 6) is 7.27. The maximum absolute atomic E-state index is 3.63. The van der Waals surface area contributed by atoms with Gasteiger partial charge in [-0.15, -0.1) is 0 Å². The molecule has 0 aliphatic carbocycles. The fourth-order valence-corrected chi connectivity index (χ4v) is 1.59. The van der Waals surface area contributed by atoms with Crippen molar-refractivity contribution in [1.29, 1.82) is 0 Å². The summed E-state index contributed by atoms with van der Waals surface area (Å²) < 4.78 is 0. The smallest absolute Gasteiger partial charge is 0.0478 e. The van der Waals surface area contributed by atoms with E-state index in [4.69, 9.17) is 0 Å². The second-order valence-electron chi connectivity index (χ2n) is 3.22. The van der Waals surface area contributed by atoms with Crippen molar-refractivity contribution in [2.24, 2.45) is 0 Å². The van der Waals surface area contributed by atoms with Crippen molar-refractivity contribution < 1.29 is 0 Å². The Labute approximate surface area is 89.3 Å². The van der Waals surface area contributed by atoms with Gasteiger partial charge in [-0.2, -0.15) is 8.46 Å². The van der Waals surface area contributed by atoms with Gasteiger partial charge in [0.1, 0.15) is 0 Å². The van der Waals surface area contributed by atoms with Crippen molar-refractivity contribution in [3.63, 3.8) is 0 Å². The molecule has 0 radical (unpaired) electrons. The Balaban J connectivity index is 2.59. The number of hydrogen-bond donors (Lipinski definition) is 0. The lowest BCUT2D eigenvalue weighted by Crippen LogP contribution is -1.88. The molecule has 1 aromatic rings. The van der Waals surface area contributed by atoms with Crippen LogP contribution in [0, 0.1) is 11.8 Å². The predicted octanol–water partition coefficient (Wildman–Crippen LogP) is 3.41. The van der Waals surface area contributed by atoms with E-state index in [0.717, 1.165) is 11.3 Å². The minimum atomic E-state index is -0.655. The third-order valence-corrected chi connectivity index (χ3v) is 2.94. The van der Waals surface area contributed by atoms with E-state index in [1.807, 2.05) is 30.3 Å². The van der Waals surface area contributed by atoms with Crippen LogP contribution < -0.4 is 0 Å². The van der Waals surface area contributed by atoms with E-state index in [-0.39, 0.29) is 0 Å². The van der Waals surface area contributed by atoms with Crippen LogP contribution >= 0.6 is 23.3 Å². The molecule has 0 spiro atoms. The maximum atomic E-state index is 3.63. The van der Waals surface area contributed by atoms with Crippen LogP contribution in [0.5, 0.6) is 0 Å².